The van der Waals surface area contributed by atoms with Crippen LogP contribution in [0.2, 0.25) is 0 Å². The molecule has 0 fully saturated rings. The molecule has 3 heteroatoms. The van der Waals surface area contributed by atoms with Crippen LogP contribution >= 0.6 is 0 Å². The Bertz CT molecular complexity index is 47.7. The van der Waals surface area contributed by atoms with Crippen molar-refractivity contribution in [2.24, 2.45) is 0 Å². The van der Waals surface area contributed by atoms with Gasteiger partial charge in [0, 0.05) is 6.61 Å². The molecule has 0 heterocycles. The maximum atomic E-state index is 9.22. The van der Waals surface area contributed by atoms with Gasteiger partial charge in [0.05, 0.1) is 0 Å². The molecule has 8 heavy (non-hydrogen) atoms. The van der Waals surface area contributed by atoms with Gasteiger partial charge in [-0.15, -0.1) is 0 Å². The minimum absolute atomic E-state index is 0.490. The zero-order valence-corrected chi connectivity index (χ0v) is 6.12. The van der Waals surface area contributed by atoms with E-state index in [2.05, 4.69) is 26.0 Å². The topological polar surface area (TPSA) is 26.3 Å². The van der Waals surface area contributed by atoms with E-state index in [9.17, 15) is 4.79 Å². The van der Waals surface area contributed by atoms with Crippen molar-refractivity contribution in [2.45, 2.75) is 13.3 Å². The maximum absolute atomic E-state index is 9.22. The van der Waals surface area contributed by atoms with E-state index in [-0.39, 0.29) is 0 Å². The molecule has 0 saturated heterocycles. The fraction of sp³-hybridized carbons (Fsp3) is 0.600. The van der Waals surface area contributed by atoms with Crippen LogP contribution in [0.15, 0.2) is 0 Å². The number of hydrogen-bond donors (Lipinski definition) is 0. The van der Waals surface area contributed by atoms with E-state index in [0.29, 0.717) is 6.61 Å². The predicted octanol–water partition coefficient (Wildman–Crippen LogP) is 0.445. The second-order valence-corrected chi connectivity index (χ2v) is 0.932. The van der Waals surface area contributed by atoms with Crippen LogP contribution in [0, 0.1) is 0 Å². The van der Waals surface area contributed by atoms with Gasteiger partial charge in [0.15, 0.2) is 0 Å². The van der Waals surface area contributed by atoms with E-state index in [1.54, 1.807) is 0 Å². The summed E-state index contributed by atoms with van der Waals surface area (Å²) in [6.07, 6.45) is 0.870. The molecule has 0 rings (SSSR count). The number of carbonyl (C=O) groups excluding carboxylic acids is 1. The molecule has 0 aromatic carbocycles. The number of ether oxygens (including phenoxy) is 1. The summed E-state index contributed by atoms with van der Waals surface area (Å²) in [5.41, 5.74) is 0. The number of hydrogen-bond acceptors (Lipinski definition) is 2. The first-order chi connectivity index (χ1) is 3.91. The van der Waals surface area contributed by atoms with Gasteiger partial charge in [-0.2, -0.15) is 0 Å². The van der Waals surface area contributed by atoms with E-state index in [1.165, 1.54) is 6.47 Å². The molecule has 48 valence electrons. The van der Waals surface area contributed by atoms with Gasteiger partial charge in [-0.3, -0.25) is 0 Å². The Hall–Kier alpha value is -0.128. The summed E-state index contributed by atoms with van der Waals surface area (Å²) in [5.74, 6) is 0. The SMILES string of the molecule is CCCO[C-]=O.[CH2]=[Cr]. The Morgan fingerprint density at radius 2 is 2.25 bits per heavy atom. The van der Waals surface area contributed by atoms with Crippen LogP contribution in [0.4, 0.5) is 0 Å². The minimum atomic E-state index is 0.490. The average molecular weight is 153 g/mol. The van der Waals surface area contributed by atoms with Crippen LogP contribution in [-0.2, 0) is 25.4 Å². The molecule has 0 atom stereocenters. The van der Waals surface area contributed by atoms with Gasteiger partial charge in [-0.05, 0) is 6.42 Å². The Balaban J connectivity index is 0. The van der Waals surface area contributed by atoms with E-state index in [4.69, 9.17) is 0 Å². The molecular weight excluding hydrogens is 144 g/mol. The van der Waals surface area contributed by atoms with Crippen LogP contribution in [0.25, 0.3) is 0 Å². The van der Waals surface area contributed by atoms with Gasteiger partial charge in [-0.25, -0.2) is 0 Å². The van der Waals surface area contributed by atoms with Crippen molar-refractivity contribution in [1.29, 1.82) is 0 Å². The van der Waals surface area contributed by atoms with Crippen molar-refractivity contribution in [3.8, 4) is 0 Å². The summed E-state index contributed by atoms with van der Waals surface area (Å²) in [5, 5.41) is 3.12. The summed E-state index contributed by atoms with van der Waals surface area (Å²) in [6, 6.07) is 0. The molecule has 0 unspecified atom stereocenters. The van der Waals surface area contributed by atoms with Crippen LogP contribution in [0.1, 0.15) is 13.3 Å². The van der Waals surface area contributed by atoms with Crippen molar-refractivity contribution >= 4 is 11.9 Å². The summed E-state index contributed by atoms with van der Waals surface area (Å²) >= 11 is 2.38. The van der Waals surface area contributed by atoms with Gasteiger partial charge in [0.25, 0.3) is 0 Å². The Kier molecular flexibility index (Phi) is 21.3. The van der Waals surface area contributed by atoms with Crippen LogP contribution < -0.4 is 0 Å². The van der Waals surface area contributed by atoms with Gasteiger partial charge in [0.1, 0.15) is 0 Å². The third-order valence-electron chi connectivity index (χ3n) is 0.365. The summed E-state index contributed by atoms with van der Waals surface area (Å²) in [6.45, 7) is 3.74. The standard InChI is InChI=1S/C4H7O2.CH2.Cr/c1-2-3-6-4-5;;/h2-3H2,1H3;1H2;/q-1;;. The molecule has 2 nitrogen and oxygen atoms in total. The first-order valence-corrected chi connectivity index (χ1v) is 3.09. The third-order valence-corrected chi connectivity index (χ3v) is 0.365. The monoisotopic (exact) mass is 153 g/mol. The van der Waals surface area contributed by atoms with E-state index < -0.39 is 0 Å². The quantitative estimate of drug-likeness (QED) is 0.434. The Labute approximate surface area is 57.8 Å². The van der Waals surface area contributed by atoms with Gasteiger partial charge in [-0.1, -0.05) is 13.4 Å². The van der Waals surface area contributed by atoms with Crippen LogP contribution in [0.3, 0.4) is 0 Å². The second kappa shape index (κ2) is 15.8. The molecule has 0 aliphatic carbocycles. The first kappa shape index (κ1) is 10.8. The molecule has 0 aromatic heterocycles. The summed E-state index contributed by atoms with van der Waals surface area (Å²) in [7, 11) is 0. The second-order valence-electron chi connectivity index (χ2n) is 0.932. The molecule has 0 spiro atoms. The molecule has 0 radical (unpaired) electrons. The Morgan fingerprint density at radius 1 is 1.75 bits per heavy atom. The van der Waals surface area contributed by atoms with Crippen molar-refractivity contribution in [2.75, 3.05) is 6.61 Å². The van der Waals surface area contributed by atoms with Crippen LogP contribution in [-0.4, -0.2) is 18.5 Å². The fourth-order valence-electron chi connectivity index (χ4n) is 0.144. The molecular formula is C5H9CrO2-. The van der Waals surface area contributed by atoms with Crippen molar-refractivity contribution in [3.63, 3.8) is 0 Å². The summed E-state index contributed by atoms with van der Waals surface area (Å²) in [4.78, 5) is 9.22. The van der Waals surface area contributed by atoms with E-state index in [1.807, 2.05) is 6.92 Å². The molecule has 0 aliphatic heterocycles. The van der Waals surface area contributed by atoms with E-state index >= 15 is 0 Å². The average Bonchev–Trinajstić information content (AvgIpc) is 1.88. The van der Waals surface area contributed by atoms with Gasteiger partial charge < -0.3 is 9.53 Å². The van der Waals surface area contributed by atoms with E-state index in [0.717, 1.165) is 6.42 Å². The molecule has 0 amide bonds. The molecule has 0 N–H and O–H groups in total. The molecule has 0 aromatic rings. The molecule has 0 saturated carbocycles. The third kappa shape index (κ3) is 16.9. The number of rotatable bonds is 3. The zero-order valence-electron chi connectivity index (χ0n) is 4.85. The summed E-state index contributed by atoms with van der Waals surface area (Å²) < 4.78 is 4.18. The van der Waals surface area contributed by atoms with Crippen LogP contribution in [0.5, 0.6) is 0 Å². The normalized spacial score (nSPS) is 6.12. The fourth-order valence-corrected chi connectivity index (χ4v) is 0.144. The van der Waals surface area contributed by atoms with Gasteiger partial charge >= 0.3 is 21.2 Å². The zero-order chi connectivity index (χ0) is 6.83. The molecule has 0 aliphatic rings. The first-order valence-electron chi connectivity index (χ1n) is 2.19. The van der Waals surface area contributed by atoms with Gasteiger partial charge in [0.2, 0.25) is 0 Å². The van der Waals surface area contributed by atoms with Crippen molar-refractivity contribution < 1.29 is 25.4 Å². The van der Waals surface area contributed by atoms with Crippen molar-refractivity contribution in [1.82, 2.24) is 0 Å². The predicted molar refractivity (Wildman–Crippen MR) is 29.1 cm³/mol. The molecule has 0 bridgehead atoms. The van der Waals surface area contributed by atoms with Crippen molar-refractivity contribution in [3.05, 3.63) is 0 Å². The Morgan fingerprint density at radius 3 is 2.38 bits per heavy atom.